The largest absolute Gasteiger partial charge is 0.379 e. The fourth-order valence-corrected chi connectivity index (χ4v) is 3.19. The van der Waals surface area contributed by atoms with Crippen LogP contribution in [0.5, 0.6) is 0 Å². The Morgan fingerprint density at radius 3 is 1.58 bits per heavy atom. The first kappa shape index (κ1) is 20.4. The number of benzene rings is 2. The van der Waals surface area contributed by atoms with Crippen LogP contribution in [0.2, 0.25) is 0 Å². The second-order valence-corrected chi connectivity index (χ2v) is 7.00. The van der Waals surface area contributed by atoms with Crippen molar-refractivity contribution in [1.82, 2.24) is 5.32 Å². The lowest BCUT2D eigenvalue weighted by molar-refractivity contribution is 0.0256. The van der Waals surface area contributed by atoms with E-state index in [0.29, 0.717) is 12.0 Å². The first-order valence-electron chi connectivity index (χ1n) is 8.54. The van der Waals surface area contributed by atoms with Crippen LogP contribution in [0, 0.1) is 5.92 Å². The normalized spacial score (nSPS) is 13.0. The van der Waals surface area contributed by atoms with Crippen LogP contribution >= 0.6 is 0 Å². The van der Waals surface area contributed by atoms with E-state index in [4.69, 9.17) is 0 Å². The Labute approximate surface area is 147 Å². The molecule has 24 heavy (non-hydrogen) atoms. The summed E-state index contributed by atoms with van der Waals surface area (Å²) in [5, 5.41) is 15.4. The molecule has 0 bridgehead atoms. The lowest BCUT2D eigenvalue weighted by atomic mass is 9.77. The molecule has 2 rings (SSSR count). The van der Waals surface area contributed by atoms with E-state index < -0.39 is 5.60 Å². The van der Waals surface area contributed by atoms with Gasteiger partial charge in [-0.1, -0.05) is 95.8 Å². The minimum Gasteiger partial charge on any atom is -0.379 e. The lowest BCUT2D eigenvalue weighted by Gasteiger charge is -2.40. The quantitative estimate of drug-likeness (QED) is 0.752. The van der Waals surface area contributed by atoms with E-state index in [1.54, 1.807) is 0 Å². The Morgan fingerprint density at radius 2 is 1.25 bits per heavy atom. The summed E-state index contributed by atoms with van der Waals surface area (Å²) in [6.07, 6.45) is 0.901. The zero-order valence-corrected chi connectivity index (χ0v) is 14.7. The van der Waals surface area contributed by atoms with Gasteiger partial charge >= 0.3 is 0 Å². The Bertz CT molecular complexity index is 528. The highest BCUT2D eigenvalue weighted by Gasteiger charge is 2.40. The van der Waals surface area contributed by atoms with E-state index in [2.05, 4.69) is 33.0 Å². The first-order valence-corrected chi connectivity index (χ1v) is 8.54. The van der Waals surface area contributed by atoms with E-state index in [0.717, 1.165) is 17.5 Å². The molecule has 0 aliphatic heterocycles. The first-order chi connectivity index (χ1) is 10.9. The molecule has 0 aromatic heterocycles. The van der Waals surface area contributed by atoms with Crippen LogP contribution in [0.25, 0.3) is 0 Å². The van der Waals surface area contributed by atoms with Crippen molar-refractivity contribution in [2.24, 2.45) is 5.92 Å². The zero-order valence-electron chi connectivity index (χ0n) is 14.7. The predicted molar refractivity (Wildman–Crippen MR) is 104 cm³/mol. The molecule has 0 aliphatic rings. The molecule has 0 unspecified atom stereocenters. The van der Waals surface area contributed by atoms with Gasteiger partial charge in [0.25, 0.3) is 0 Å². The second-order valence-electron chi connectivity index (χ2n) is 7.00. The molecule has 0 amide bonds. The van der Waals surface area contributed by atoms with Crippen LogP contribution in [-0.2, 0) is 5.60 Å². The number of nitrogens with one attached hydrogen (secondary N) is 1. The summed E-state index contributed by atoms with van der Waals surface area (Å²) in [4.78, 5) is 0. The Kier molecular flexibility index (Phi) is 7.65. The molecule has 2 aromatic rings. The molecule has 132 valence electrons. The molecule has 0 spiro atoms. The van der Waals surface area contributed by atoms with Crippen molar-refractivity contribution in [3.8, 4) is 0 Å². The van der Waals surface area contributed by atoms with E-state index in [1.165, 1.54) is 0 Å². The Hall–Kier alpha value is -1.64. The molecule has 0 saturated carbocycles. The minimum atomic E-state index is -1.04. The predicted octanol–water partition coefficient (Wildman–Crippen LogP) is 4.97. The summed E-state index contributed by atoms with van der Waals surface area (Å²) in [7, 11) is 0. The molecule has 2 heteroatoms. The van der Waals surface area contributed by atoms with E-state index >= 15 is 0 Å². The van der Waals surface area contributed by atoms with Crippen molar-refractivity contribution >= 4 is 0 Å². The van der Waals surface area contributed by atoms with Crippen LogP contribution in [-0.4, -0.2) is 17.2 Å². The fourth-order valence-electron chi connectivity index (χ4n) is 3.19. The average Bonchev–Trinajstić information content (AvgIpc) is 2.54. The van der Waals surface area contributed by atoms with E-state index in [1.807, 2.05) is 60.7 Å². The van der Waals surface area contributed by atoms with Crippen molar-refractivity contribution < 1.29 is 5.11 Å². The lowest BCUT2D eigenvalue weighted by Crippen LogP contribution is -2.52. The minimum absolute atomic E-state index is 0. The van der Waals surface area contributed by atoms with E-state index in [9.17, 15) is 5.11 Å². The molecule has 0 heterocycles. The smallest absolute Gasteiger partial charge is 0.130 e. The topological polar surface area (TPSA) is 32.3 Å². The van der Waals surface area contributed by atoms with Gasteiger partial charge in [-0.15, -0.1) is 0 Å². The van der Waals surface area contributed by atoms with Gasteiger partial charge in [-0.3, -0.25) is 0 Å². The van der Waals surface area contributed by atoms with Gasteiger partial charge in [-0.25, -0.2) is 0 Å². The number of hydrogen-bond donors (Lipinski definition) is 2. The number of rotatable bonds is 7. The molecule has 0 saturated heterocycles. The molecule has 0 radical (unpaired) electrons. The zero-order chi connectivity index (χ0) is 16.9. The molecule has 0 fully saturated rings. The van der Waals surface area contributed by atoms with Gasteiger partial charge in [0.2, 0.25) is 0 Å². The van der Waals surface area contributed by atoms with Gasteiger partial charge in [-0.2, -0.15) is 0 Å². The number of aliphatic hydroxyl groups is 1. The fraction of sp³-hybridized carbons (Fsp3) is 0.455. The molecular weight excluding hydrogens is 294 g/mol. The van der Waals surface area contributed by atoms with Crippen LogP contribution in [0.1, 0.15) is 52.7 Å². The second kappa shape index (κ2) is 9.00. The molecule has 2 N–H and O–H groups in total. The van der Waals surface area contributed by atoms with Gasteiger partial charge < -0.3 is 10.4 Å². The third kappa shape index (κ3) is 4.68. The average molecular weight is 328 g/mol. The molecule has 0 aliphatic carbocycles. The maximum Gasteiger partial charge on any atom is 0.130 e. The highest BCUT2D eigenvalue weighted by Crippen LogP contribution is 2.35. The molecule has 1 atom stereocenters. The highest BCUT2D eigenvalue weighted by molar-refractivity contribution is 5.38. The third-order valence-electron chi connectivity index (χ3n) is 4.17. The summed E-state index contributed by atoms with van der Waals surface area (Å²) < 4.78 is 0. The van der Waals surface area contributed by atoms with E-state index in [-0.39, 0.29) is 13.5 Å². The Morgan fingerprint density at radius 1 is 0.833 bits per heavy atom. The van der Waals surface area contributed by atoms with Crippen molar-refractivity contribution in [2.75, 3.05) is 0 Å². The standard InChI is InChI=1S/C21H29NO.CH4/c1-16(2)15-20(22-17(3)4)21(23,18-11-7-5-8-12-18)19-13-9-6-10-14-19;/h5-14,16-17,20,22-23H,15H2,1-4H3;1H4/t20-;/m1./s1. The highest BCUT2D eigenvalue weighted by atomic mass is 16.3. The SMILES string of the molecule is C.CC(C)C[C@@H](NC(C)C)C(O)(c1ccccc1)c1ccccc1. The molecule has 2 nitrogen and oxygen atoms in total. The summed E-state index contributed by atoms with van der Waals surface area (Å²) >= 11 is 0. The maximum absolute atomic E-state index is 11.8. The van der Waals surface area contributed by atoms with Crippen molar-refractivity contribution in [3.05, 3.63) is 71.8 Å². The van der Waals surface area contributed by atoms with Crippen molar-refractivity contribution in [2.45, 2.75) is 59.2 Å². The van der Waals surface area contributed by atoms with Gasteiger partial charge in [0.15, 0.2) is 0 Å². The van der Waals surface area contributed by atoms with Crippen molar-refractivity contribution in [1.29, 1.82) is 0 Å². The monoisotopic (exact) mass is 327 g/mol. The maximum atomic E-state index is 11.8. The molecular formula is C22H33NO. The number of hydrogen-bond acceptors (Lipinski definition) is 2. The van der Waals surface area contributed by atoms with Gasteiger partial charge in [0.05, 0.1) is 0 Å². The third-order valence-corrected chi connectivity index (χ3v) is 4.17. The van der Waals surface area contributed by atoms with Crippen molar-refractivity contribution in [3.63, 3.8) is 0 Å². The summed E-state index contributed by atoms with van der Waals surface area (Å²) in [5.41, 5.74) is 0.826. The summed E-state index contributed by atoms with van der Waals surface area (Å²) in [6, 6.07) is 20.3. The van der Waals surface area contributed by atoms with Crippen LogP contribution < -0.4 is 5.32 Å². The van der Waals surface area contributed by atoms with Crippen LogP contribution in [0.15, 0.2) is 60.7 Å². The molecule has 2 aromatic carbocycles. The van der Waals surface area contributed by atoms with Gasteiger partial charge in [0.1, 0.15) is 5.60 Å². The van der Waals surface area contributed by atoms with Gasteiger partial charge in [0, 0.05) is 12.1 Å². The summed E-state index contributed by atoms with van der Waals surface area (Å²) in [6.45, 7) is 8.66. The van der Waals surface area contributed by atoms with Crippen LogP contribution in [0.4, 0.5) is 0 Å². The van der Waals surface area contributed by atoms with Gasteiger partial charge in [-0.05, 0) is 23.5 Å². The summed E-state index contributed by atoms with van der Waals surface area (Å²) in [5.74, 6) is 0.491. The van der Waals surface area contributed by atoms with Crippen LogP contribution in [0.3, 0.4) is 0 Å². The Balaban J connectivity index is 0.00000288.